The highest BCUT2D eigenvalue weighted by Crippen LogP contribution is 2.36. The number of nitrogens with one attached hydrogen (secondary N) is 1. The predicted molar refractivity (Wildman–Crippen MR) is 82.1 cm³/mol. The fourth-order valence-electron chi connectivity index (χ4n) is 2.12. The van der Waals surface area contributed by atoms with Crippen molar-refractivity contribution in [2.75, 3.05) is 18.5 Å². The van der Waals surface area contributed by atoms with Gasteiger partial charge in [0.1, 0.15) is 19.0 Å². The maximum absolute atomic E-state index is 5.61. The first-order chi connectivity index (χ1) is 9.63. The lowest BCUT2D eigenvalue weighted by atomic mass is 10.1. The molecule has 0 bridgehead atoms. The highest BCUT2D eigenvalue weighted by atomic mass is 79.9. The minimum absolute atomic E-state index is 0.588. The molecule has 4 nitrogen and oxygen atoms in total. The van der Waals surface area contributed by atoms with E-state index in [4.69, 9.17) is 9.47 Å². The maximum Gasteiger partial charge on any atom is 0.163 e. The quantitative estimate of drug-likeness (QED) is 0.902. The van der Waals surface area contributed by atoms with Gasteiger partial charge in [-0.25, -0.2) is 4.98 Å². The van der Waals surface area contributed by atoms with Crippen molar-refractivity contribution in [1.82, 2.24) is 4.98 Å². The van der Waals surface area contributed by atoms with Gasteiger partial charge in [0.05, 0.1) is 0 Å². The number of fused-ring (bicyclic) bond motifs is 1. The van der Waals surface area contributed by atoms with Crippen LogP contribution in [0.3, 0.4) is 0 Å². The molecule has 0 saturated heterocycles. The van der Waals surface area contributed by atoms with Crippen LogP contribution in [0.4, 0.5) is 11.5 Å². The number of nitrogens with zero attached hydrogens (tertiary/aromatic N) is 1. The number of benzene rings is 1. The van der Waals surface area contributed by atoms with Gasteiger partial charge < -0.3 is 14.8 Å². The lowest BCUT2D eigenvalue weighted by Gasteiger charge is -2.21. The summed E-state index contributed by atoms with van der Waals surface area (Å²) in [7, 11) is 0. The van der Waals surface area contributed by atoms with Gasteiger partial charge >= 0.3 is 0 Å². The number of pyridine rings is 1. The molecule has 2 heterocycles. The summed E-state index contributed by atoms with van der Waals surface area (Å²) >= 11 is 3.42. The number of anilines is 2. The van der Waals surface area contributed by atoms with Crippen LogP contribution < -0.4 is 14.8 Å². The Bertz CT molecular complexity index is 659. The van der Waals surface area contributed by atoms with Crippen molar-refractivity contribution in [3.63, 3.8) is 0 Å². The Morgan fingerprint density at radius 2 is 1.75 bits per heavy atom. The molecule has 0 saturated carbocycles. The van der Waals surface area contributed by atoms with Crippen LogP contribution in [0.15, 0.2) is 28.9 Å². The van der Waals surface area contributed by atoms with Crippen LogP contribution in [0.2, 0.25) is 0 Å². The maximum atomic E-state index is 5.61. The van der Waals surface area contributed by atoms with E-state index in [-0.39, 0.29) is 0 Å². The fourth-order valence-corrected chi connectivity index (χ4v) is 2.57. The molecule has 1 aliphatic heterocycles. The van der Waals surface area contributed by atoms with Crippen molar-refractivity contribution >= 4 is 27.4 Å². The standard InChI is InChI=1S/C15H15BrN2O2/c1-9-6-13-14(20-4-3-19-13)7-12(9)18-15-10(2)5-11(16)8-17-15/h5-8H,3-4H2,1-2H3,(H,17,18). The summed E-state index contributed by atoms with van der Waals surface area (Å²) in [6, 6.07) is 5.99. The molecular formula is C15H15BrN2O2. The van der Waals surface area contributed by atoms with Crippen molar-refractivity contribution in [2.24, 2.45) is 0 Å². The van der Waals surface area contributed by atoms with Gasteiger partial charge in [0.15, 0.2) is 11.5 Å². The monoisotopic (exact) mass is 334 g/mol. The Morgan fingerprint density at radius 1 is 1.05 bits per heavy atom. The SMILES string of the molecule is Cc1cc2c(cc1Nc1ncc(Br)cc1C)OCCO2. The van der Waals surface area contributed by atoms with Crippen molar-refractivity contribution in [1.29, 1.82) is 0 Å². The first kappa shape index (κ1) is 13.2. The molecule has 1 aliphatic rings. The minimum Gasteiger partial charge on any atom is -0.486 e. The van der Waals surface area contributed by atoms with E-state index in [0.29, 0.717) is 13.2 Å². The second kappa shape index (κ2) is 5.32. The average Bonchev–Trinajstić information content (AvgIpc) is 2.42. The van der Waals surface area contributed by atoms with E-state index in [1.54, 1.807) is 6.20 Å². The molecule has 104 valence electrons. The molecule has 0 amide bonds. The zero-order chi connectivity index (χ0) is 14.1. The summed E-state index contributed by atoms with van der Waals surface area (Å²) in [5.41, 5.74) is 3.15. The Kier molecular flexibility index (Phi) is 3.53. The molecule has 0 aliphatic carbocycles. The van der Waals surface area contributed by atoms with Crippen molar-refractivity contribution in [3.8, 4) is 11.5 Å². The van der Waals surface area contributed by atoms with E-state index in [1.807, 2.05) is 32.0 Å². The average molecular weight is 335 g/mol. The van der Waals surface area contributed by atoms with Crippen LogP contribution in [-0.4, -0.2) is 18.2 Å². The van der Waals surface area contributed by atoms with Crippen molar-refractivity contribution in [2.45, 2.75) is 13.8 Å². The van der Waals surface area contributed by atoms with E-state index >= 15 is 0 Å². The highest BCUT2D eigenvalue weighted by Gasteiger charge is 2.14. The molecule has 3 rings (SSSR count). The minimum atomic E-state index is 0.588. The van der Waals surface area contributed by atoms with E-state index in [1.165, 1.54) is 0 Å². The zero-order valence-corrected chi connectivity index (χ0v) is 13.0. The van der Waals surface area contributed by atoms with Gasteiger partial charge in [0.2, 0.25) is 0 Å². The summed E-state index contributed by atoms with van der Waals surface area (Å²) in [5, 5.41) is 3.35. The smallest absolute Gasteiger partial charge is 0.163 e. The number of halogens is 1. The lowest BCUT2D eigenvalue weighted by Crippen LogP contribution is -2.15. The third-order valence-electron chi connectivity index (χ3n) is 3.19. The predicted octanol–water partition coefficient (Wildman–Crippen LogP) is 3.98. The summed E-state index contributed by atoms with van der Waals surface area (Å²) < 4.78 is 12.2. The lowest BCUT2D eigenvalue weighted by molar-refractivity contribution is 0.171. The van der Waals surface area contributed by atoms with E-state index in [0.717, 1.165) is 38.6 Å². The summed E-state index contributed by atoms with van der Waals surface area (Å²) in [5.74, 6) is 2.42. The fraction of sp³-hybridized carbons (Fsp3) is 0.267. The van der Waals surface area contributed by atoms with E-state index < -0.39 is 0 Å². The van der Waals surface area contributed by atoms with Gasteiger partial charge in [-0.2, -0.15) is 0 Å². The van der Waals surface area contributed by atoms with Crippen molar-refractivity contribution < 1.29 is 9.47 Å². The third kappa shape index (κ3) is 2.58. The van der Waals surface area contributed by atoms with E-state index in [9.17, 15) is 0 Å². The molecule has 1 aromatic carbocycles. The Labute approximate surface area is 126 Å². The van der Waals surface area contributed by atoms with Gasteiger partial charge in [-0.3, -0.25) is 0 Å². The highest BCUT2D eigenvalue weighted by molar-refractivity contribution is 9.10. The summed E-state index contributed by atoms with van der Waals surface area (Å²) in [6.45, 7) is 5.25. The molecule has 0 spiro atoms. The normalized spacial score (nSPS) is 13.2. The van der Waals surface area contributed by atoms with Gasteiger partial charge in [0.25, 0.3) is 0 Å². The van der Waals surface area contributed by atoms with Crippen LogP contribution in [0, 0.1) is 13.8 Å². The second-order valence-corrected chi connectivity index (χ2v) is 5.67. The van der Waals surface area contributed by atoms with Crippen molar-refractivity contribution in [3.05, 3.63) is 40.0 Å². The van der Waals surface area contributed by atoms with Crippen LogP contribution in [0.1, 0.15) is 11.1 Å². The van der Waals surface area contributed by atoms with E-state index in [2.05, 4.69) is 26.2 Å². The second-order valence-electron chi connectivity index (χ2n) is 4.75. The molecule has 0 unspecified atom stereocenters. The molecule has 20 heavy (non-hydrogen) atoms. The number of aromatic nitrogens is 1. The molecule has 0 atom stereocenters. The third-order valence-corrected chi connectivity index (χ3v) is 3.62. The number of rotatable bonds is 2. The Balaban J connectivity index is 1.94. The zero-order valence-electron chi connectivity index (χ0n) is 11.4. The molecule has 0 fully saturated rings. The van der Waals surface area contributed by atoms with Gasteiger partial charge in [0, 0.05) is 22.4 Å². The summed E-state index contributed by atoms with van der Waals surface area (Å²) in [4.78, 5) is 4.40. The first-order valence-corrected chi connectivity index (χ1v) is 7.22. The number of ether oxygens (including phenoxy) is 2. The number of hydrogen-bond acceptors (Lipinski definition) is 4. The number of hydrogen-bond donors (Lipinski definition) is 1. The largest absolute Gasteiger partial charge is 0.486 e. The topological polar surface area (TPSA) is 43.4 Å². The Hall–Kier alpha value is -1.75. The van der Waals surface area contributed by atoms with Gasteiger partial charge in [-0.05, 0) is 53.0 Å². The van der Waals surface area contributed by atoms with Crippen LogP contribution in [0.25, 0.3) is 0 Å². The molecular weight excluding hydrogens is 320 g/mol. The summed E-state index contributed by atoms with van der Waals surface area (Å²) in [6.07, 6.45) is 1.78. The molecule has 1 aromatic heterocycles. The van der Waals surface area contributed by atoms with Crippen LogP contribution >= 0.6 is 15.9 Å². The number of aryl methyl sites for hydroxylation is 2. The van der Waals surface area contributed by atoms with Crippen LogP contribution in [0.5, 0.6) is 11.5 Å². The van der Waals surface area contributed by atoms with Crippen LogP contribution in [-0.2, 0) is 0 Å². The molecule has 0 radical (unpaired) electrons. The molecule has 5 heteroatoms. The molecule has 1 N–H and O–H groups in total. The van der Waals surface area contributed by atoms with Gasteiger partial charge in [-0.1, -0.05) is 0 Å². The Morgan fingerprint density at radius 3 is 2.45 bits per heavy atom. The molecule has 2 aromatic rings. The first-order valence-electron chi connectivity index (χ1n) is 6.43. The van der Waals surface area contributed by atoms with Gasteiger partial charge in [-0.15, -0.1) is 0 Å².